The van der Waals surface area contributed by atoms with Crippen LogP contribution in [-0.4, -0.2) is 21.9 Å². The van der Waals surface area contributed by atoms with Crippen molar-refractivity contribution in [3.8, 4) is 0 Å². The fraction of sp³-hybridized carbons (Fsp3) is 0.692. The van der Waals surface area contributed by atoms with Gasteiger partial charge in [0, 0.05) is 23.2 Å². The number of halogens is 1. The Labute approximate surface area is 108 Å². The van der Waals surface area contributed by atoms with Gasteiger partial charge in [0.05, 0.1) is 0 Å². The summed E-state index contributed by atoms with van der Waals surface area (Å²) in [5, 5.41) is 3.46. The summed E-state index contributed by atoms with van der Waals surface area (Å²) in [5.74, 6) is 1.70. The van der Waals surface area contributed by atoms with E-state index >= 15 is 0 Å². The van der Waals surface area contributed by atoms with Gasteiger partial charge >= 0.3 is 0 Å². The monoisotopic (exact) mass is 253 g/mol. The van der Waals surface area contributed by atoms with Crippen molar-refractivity contribution in [3.05, 3.63) is 17.6 Å². The zero-order chi connectivity index (χ0) is 12.1. The van der Waals surface area contributed by atoms with Gasteiger partial charge in [-0.05, 0) is 39.0 Å². The second-order valence-corrected chi connectivity index (χ2v) is 5.11. The topological polar surface area (TPSA) is 37.8 Å². The first-order valence-corrected chi connectivity index (χ1v) is 7.00. The summed E-state index contributed by atoms with van der Waals surface area (Å²) in [7, 11) is 0. The van der Waals surface area contributed by atoms with Crippen molar-refractivity contribution in [2.45, 2.75) is 51.5 Å². The quantitative estimate of drug-likeness (QED) is 0.662. The van der Waals surface area contributed by atoms with Crippen LogP contribution < -0.4 is 5.32 Å². The van der Waals surface area contributed by atoms with Gasteiger partial charge in [-0.25, -0.2) is 9.97 Å². The standard InChI is InChI=1S/C13H20ClN3/c1-10(7-8-14)17-13-11-5-3-2-4-6-12(11)15-9-16-13/h9-10H,2-8H2,1H3,(H,15,16,17). The third-order valence-electron chi connectivity index (χ3n) is 3.30. The Bertz CT molecular complexity index is 368. The summed E-state index contributed by atoms with van der Waals surface area (Å²) in [6.45, 7) is 2.15. The minimum atomic E-state index is 0.370. The van der Waals surface area contributed by atoms with E-state index in [2.05, 4.69) is 22.2 Å². The minimum absolute atomic E-state index is 0.370. The summed E-state index contributed by atoms with van der Waals surface area (Å²) in [6, 6.07) is 0.370. The van der Waals surface area contributed by atoms with Crippen LogP contribution in [-0.2, 0) is 12.8 Å². The molecule has 0 fully saturated rings. The highest BCUT2D eigenvalue weighted by Crippen LogP contribution is 2.24. The number of anilines is 1. The van der Waals surface area contributed by atoms with E-state index in [1.165, 1.54) is 30.5 Å². The molecular weight excluding hydrogens is 234 g/mol. The molecule has 4 heteroatoms. The largest absolute Gasteiger partial charge is 0.367 e. The van der Waals surface area contributed by atoms with Gasteiger partial charge < -0.3 is 5.32 Å². The number of hydrogen-bond acceptors (Lipinski definition) is 3. The molecule has 0 saturated heterocycles. The summed E-state index contributed by atoms with van der Waals surface area (Å²) >= 11 is 5.76. The number of hydrogen-bond donors (Lipinski definition) is 1. The van der Waals surface area contributed by atoms with Gasteiger partial charge in [-0.2, -0.15) is 0 Å². The molecule has 1 atom stereocenters. The first kappa shape index (κ1) is 12.6. The SMILES string of the molecule is CC(CCCl)Nc1ncnc2c1CCCCC2. The van der Waals surface area contributed by atoms with Crippen molar-refractivity contribution in [2.75, 3.05) is 11.2 Å². The van der Waals surface area contributed by atoms with Crippen LogP contribution >= 0.6 is 11.6 Å². The maximum absolute atomic E-state index is 5.76. The molecule has 1 aliphatic carbocycles. The second-order valence-electron chi connectivity index (χ2n) is 4.73. The summed E-state index contributed by atoms with van der Waals surface area (Å²) in [5.41, 5.74) is 2.56. The van der Waals surface area contributed by atoms with Crippen LogP contribution in [0.5, 0.6) is 0 Å². The molecule has 0 amide bonds. The molecule has 3 nitrogen and oxygen atoms in total. The molecule has 1 aromatic heterocycles. The molecule has 1 unspecified atom stereocenters. The molecule has 0 aromatic carbocycles. The highest BCUT2D eigenvalue weighted by atomic mass is 35.5. The average molecular weight is 254 g/mol. The van der Waals surface area contributed by atoms with Gasteiger partial charge in [-0.3, -0.25) is 0 Å². The number of fused-ring (bicyclic) bond motifs is 1. The maximum atomic E-state index is 5.76. The fourth-order valence-electron chi connectivity index (χ4n) is 2.29. The van der Waals surface area contributed by atoms with E-state index in [9.17, 15) is 0 Å². The lowest BCUT2D eigenvalue weighted by Crippen LogP contribution is -2.18. The van der Waals surface area contributed by atoms with Gasteiger partial charge in [0.1, 0.15) is 12.1 Å². The first-order chi connectivity index (χ1) is 8.31. The third kappa shape index (κ3) is 3.32. The van der Waals surface area contributed by atoms with Crippen molar-refractivity contribution in [1.29, 1.82) is 0 Å². The molecule has 0 radical (unpaired) electrons. The van der Waals surface area contributed by atoms with Crippen molar-refractivity contribution in [2.24, 2.45) is 0 Å². The van der Waals surface area contributed by atoms with Crippen molar-refractivity contribution in [3.63, 3.8) is 0 Å². The molecule has 1 aliphatic rings. The Hall–Kier alpha value is -0.830. The van der Waals surface area contributed by atoms with E-state index in [0.717, 1.165) is 25.1 Å². The van der Waals surface area contributed by atoms with E-state index in [1.54, 1.807) is 6.33 Å². The number of alkyl halides is 1. The minimum Gasteiger partial charge on any atom is -0.367 e. The van der Waals surface area contributed by atoms with Crippen molar-refractivity contribution < 1.29 is 0 Å². The smallest absolute Gasteiger partial charge is 0.133 e. The lowest BCUT2D eigenvalue weighted by Gasteiger charge is -2.17. The Morgan fingerprint density at radius 2 is 2.12 bits per heavy atom. The molecule has 0 saturated carbocycles. The number of aryl methyl sites for hydroxylation is 1. The normalized spacial score (nSPS) is 17.1. The number of rotatable bonds is 4. The number of aromatic nitrogens is 2. The Morgan fingerprint density at radius 1 is 1.29 bits per heavy atom. The van der Waals surface area contributed by atoms with E-state index in [-0.39, 0.29) is 0 Å². The molecule has 0 bridgehead atoms. The predicted octanol–water partition coefficient (Wildman–Crippen LogP) is 3.17. The maximum Gasteiger partial charge on any atom is 0.133 e. The molecule has 1 aromatic rings. The van der Waals surface area contributed by atoms with Crippen LogP contribution in [0.1, 0.15) is 43.9 Å². The third-order valence-corrected chi connectivity index (χ3v) is 3.52. The Kier molecular flexibility index (Phi) is 4.60. The van der Waals surface area contributed by atoms with Gasteiger partial charge in [0.2, 0.25) is 0 Å². The lowest BCUT2D eigenvalue weighted by atomic mass is 10.1. The van der Waals surface area contributed by atoms with Gasteiger partial charge in [-0.15, -0.1) is 11.6 Å². The van der Waals surface area contributed by atoms with E-state index in [1.807, 2.05) is 0 Å². The predicted molar refractivity (Wildman–Crippen MR) is 71.7 cm³/mol. The highest BCUT2D eigenvalue weighted by Gasteiger charge is 2.15. The molecule has 1 N–H and O–H groups in total. The Morgan fingerprint density at radius 3 is 2.94 bits per heavy atom. The zero-order valence-electron chi connectivity index (χ0n) is 10.4. The molecular formula is C13H20ClN3. The first-order valence-electron chi connectivity index (χ1n) is 6.46. The lowest BCUT2D eigenvalue weighted by molar-refractivity contribution is 0.708. The Balaban J connectivity index is 2.16. The van der Waals surface area contributed by atoms with Crippen LogP contribution in [0, 0.1) is 0 Å². The van der Waals surface area contributed by atoms with Crippen LogP contribution in [0.4, 0.5) is 5.82 Å². The van der Waals surface area contributed by atoms with Crippen LogP contribution in [0.3, 0.4) is 0 Å². The van der Waals surface area contributed by atoms with E-state index in [0.29, 0.717) is 11.9 Å². The molecule has 17 heavy (non-hydrogen) atoms. The summed E-state index contributed by atoms with van der Waals surface area (Å²) in [6.07, 6.45) is 8.63. The fourth-order valence-corrected chi connectivity index (χ4v) is 2.62. The average Bonchev–Trinajstić information content (AvgIpc) is 2.55. The molecule has 2 rings (SSSR count). The van der Waals surface area contributed by atoms with Crippen LogP contribution in [0.15, 0.2) is 6.33 Å². The van der Waals surface area contributed by atoms with Crippen LogP contribution in [0.2, 0.25) is 0 Å². The highest BCUT2D eigenvalue weighted by molar-refractivity contribution is 6.17. The number of nitrogens with zero attached hydrogens (tertiary/aromatic N) is 2. The molecule has 94 valence electrons. The van der Waals surface area contributed by atoms with Gasteiger partial charge in [0.25, 0.3) is 0 Å². The van der Waals surface area contributed by atoms with E-state index in [4.69, 9.17) is 11.6 Å². The van der Waals surface area contributed by atoms with E-state index < -0.39 is 0 Å². The van der Waals surface area contributed by atoms with Crippen molar-refractivity contribution in [1.82, 2.24) is 9.97 Å². The molecule has 0 aliphatic heterocycles. The molecule has 1 heterocycles. The van der Waals surface area contributed by atoms with Crippen molar-refractivity contribution >= 4 is 17.4 Å². The van der Waals surface area contributed by atoms with Crippen LogP contribution in [0.25, 0.3) is 0 Å². The zero-order valence-corrected chi connectivity index (χ0v) is 11.1. The summed E-state index contributed by atoms with van der Waals surface area (Å²) < 4.78 is 0. The summed E-state index contributed by atoms with van der Waals surface area (Å²) in [4.78, 5) is 8.81. The number of nitrogens with one attached hydrogen (secondary N) is 1. The molecule has 0 spiro atoms. The van der Waals surface area contributed by atoms with Gasteiger partial charge in [-0.1, -0.05) is 6.42 Å². The van der Waals surface area contributed by atoms with Gasteiger partial charge in [0.15, 0.2) is 0 Å². The second kappa shape index (κ2) is 6.20.